The van der Waals surface area contributed by atoms with Gasteiger partial charge in [0.25, 0.3) is 0 Å². The molecule has 0 saturated carbocycles. The second-order valence-corrected chi connectivity index (χ2v) is 2.63. The molecule has 0 spiro atoms. The monoisotopic (exact) mass is 148 g/mol. The minimum absolute atomic E-state index is 0.442. The average Bonchev–Trinajstić information content (AvgIpc) is 2.06. The number of rotatable bonds is 3. The molecule has 0 saturated heterocycles. The molecule has 1 atom stereocenters. The highest BCUT2D eigenvalue weighted by Gasteiger charge is 1.95. The topological polar surface area (TPSA) is 12.0 Å². The van der Waals surface area contributed by atoms with Crippen LogP contribution in [0.1, 0.15) is 13.8 Å². The van der Waals surface area contributed by atoms with Crippen LogP contribution in [0, 0.1) is 6.42 Å². The first-order valence-corrected chi connectivity index (χ1v) is 3.94. The van der Waals surface area contributed by atoms with Gasteiger partial charge in [0.1, 0.15) is 0 Å². The van der Waals surface area contributed by atoms with Gasteiger partial charge in [-0.3, -0.25) is 0 Å². The lowest BCUT2D eigenvalue weighted by Gasteiger charge is -2.11. The Labute approximate surface area is 68.4 Å². The van der Waals surface area contributed by atoms with Crippen molar-refractivity contribution < 1.29 is 0 Å². The SMILES string of the molecule is C[CH]C(C)Nc1ccccc1. The smallest absolute Gasteiger partial charge is 0.0342 e. The van der Waals surface area contributed by atoms with Crippen molar-refractivity contribution in [2.75, 3.05) is 5.32 Å². The zero-order valence-corrected chi connectivity index (χ0v) is 7.04. The molecule has 1 aromatic rings. The van der Waals surface area contributed by atoms with E-state index in [9.17, 15) is 0 Å². The molecule has 0 fully saturated rings. The van der Waals surface area contributed by atoms with Crippen molar-refractivity contribution in [1.82, 2.24) is 0 Å². The molecule has 1 N–H and O–H groups in total. The van der Waals surface area contributed by atoms with E-state index >= 15 is 0 Å². The summed E-state index contributed by atoms with van der Waals surface area (Å²) in [6.07, 6.45) is 2.13. The zero-order valence-electron chi connectivity index (χ0n) is 7.04. The van der Waals surface area contributed by atoms with Crippen LogP contribution in [0.3, 0.4) is 0 Å². The lowest BCUT2D eigenvalue weighted by atomic mass is 10.2. The van der Waals surface area contributed by atoms with Gasteiger partial charge in [0.05, 0.1) is 0 Å². The summed E-state index contributed by atoms with van der Waals surface area (Å²) in [4.78, 5) is 0. The van der Waals surface area contributed by atoms with Crippen molar-refractivity contribution >= 4 is 5.69 Å². The Bertz CT molecular complexity index is 193. The molecule has 1 unspecified atom stereocenters. The summed E-state index contributed by atoms with van der Waals surface area (Å²) >= 11 is 0. The zero-order chi connectivity index (χ0) is 8.10. The summed E-state index contributed by atoms with van der Waals surface area (Å²) in [6.45, 7) is 4.19. The predicted molar refractivity (Wildman–Crippen MR) is 49.5 cm³/mol. The van der Waals surface area contributed by atoms with Crippen LogP contribution in [-0.2, 0) is 0 Å². The van der Waals surface area contributed by atoms with Gasteiger partial charge in [-0.15, -0.1) is 0 Å². The van der Waals surface area contributed by atoms with E-state index in [1.165, 1.54) is 5.69 Å². The average molecular weight is 148 g/mol. The van der Waals surface area contributed by atoms with Crippen LogP contribution in [0.25, 0.3) is 0 Å². The molecule has 1 heteroatoms. The molecule has 1 radical (unpaired) electrons. The van der Waals surface area contributed by atoms with Crippen molar-refractivity contribution in [3.63, 3.8) is 0 Å². The van der Waals surface area contributed by atoms with E-state index in [1.54, 1.807) is 0 Å². The van der Waals surface area contributed by atoms with Crippen LogP contribution in [0.4, 0.5) is 5.69 Å². The highest BCUT2D eigenvalue weighted by molar-refractivity contribution is 5.43. The van der Waals surface area contributed by atoms with Crippen LogP contribution < -0.4 is 5.32 Å². The van der Waals surface area contributed by atoms with Crippen molar-refractivity contribution in [2.24, 2.45) is 0 Å². The van der Waals surface area contributed by atoms with Gasteiger partial charge >= 0.3 is 0 Å². The summed E-state index contributed by atoms with van der Waals surface area (Å²) in [5.74, 6) is 0. The quantitative estimate of drug-likeness (QED) is 0.695. The predicted octanol–water partition coefficient (Wildman–Crippen LogP) is 2.71. The Morgan fingerprint density at radius 2 is 1.91 bits per heavy atom. The number of hydrogen-bond donors (Lipinski definition) is 1. The Hall–Kier alpha value is -0.980. The fourth-order valence-electron chi connectivity index (χ4n) is 0.881. The first kappa shape index (κ1) is 8.12. The number of hydrogen-bond acceptors (Lipinski definition) is 1. The number of benzene rings is 1. The van der Waals surface area contributed by atoms with Gasteiger partial charge in [-0.05, 0) is 25.5 Å². The summed E-state index contributed by atoms with van der Waals surface area (Å²) in [6, 6.07) is 10.7. The van der Waals surface area contributed by atoms with Crippen LogP contribution in [0.15, 0.2) is 30.3 Å². The fourth-order valence-corrected chi connectivity index (χ4v) is 0.881. The van der Waals surface area contributed by atoms with E-state index in [0.717, 1.165) is 0 Å². The van der Waals surface area contributed by atoms with Gasteiger partial charge in [-0.2, -0.15) is 0 Å². The maximum absolute atomic E-state index is 3.34. The first-order chi connectivity index (χ1) is 5.33. The molecule has 0 aromatic heterocycles. The van der Waals surface area contributed by atoms with Gasteiger partial charge in [0.15, 0.2) is 0 Å². The highest BCUT2D eigenvalue weighted by atomic mass is 14.9. The van der Waals surface area contributed by atoms with Crippen LogP contribution >= 0.6 is 0 Å². The molecule has 59 valence electrons. The molecule has 0 aliphatic rings. The molecule has 1 nitrogen and oxygen atoms in total. The largest absolute Gasteiger partial charge is 0.382 e. The van der Waals surface area contributed by atoms with Gasteiger partial charge in [0, 0.05) is 11.7 Å². The molecular formula is C10H14N. The van der Waals surface area contributed by atoms with Crippen LogP contribution in [0.5, 0.6) is 0 Å². The molecule has 0 heterocycles. The minimum atomic E-state index is 0.442. The molecule has 0 bridgehead atoms. The third kappa shape index (κ3) is 2.62. The molecule has 11 heavy (non-hydrogen) atoms. The van der Waals surface area contributed by atoms with E-state index in [2.05, 4.69) is 37.7 Å². The first-order valence-electron chi connectivity index (χ1n) is 3.94. The standard InChI is InChI=1S/C10H14N/c1-3-9(2)11-10-7-5-4-6-8-10/h3-9,11H,1-2H3. The number of nitrogens with one attached hydrogen (secondary N) is 1. The van der Waals surface area contributed by atoms with E-state index in [0.29, 0.717) is 6.04 Å². The molecule has 0 aliphatic carbocycles. The number of para-hydroxylation sites is 1. The van der Waals surface area contributed by atoms with E-state index in [1.807, 2.05) is 18.2 Å². The fraction of sp³-hybridized carbons (Fsp3) is 0.300. The lowest BCUT2D eigenvalue weighted by Crippen LogP contribution is -2.13. The van der Waals surface area contributed by atoms with Crippen molar-refractivity contribution in [1.29, 1.82) is 0 Å². The normalized spacial score (nSPS) is 12.5. The van der Waals surface area contributed by atoms with Crippen LogP contribution in [-0.4, -0.2) is 6.04 Å². The van der Waals surface area contributed by atoms with Crippen molar-refractivity contribution in [3.05, 3.63) is 36.8 Å². The molecule has 0 amide bonds. The molecular weight excluding hydrogens is 134 g/mol. The third-order valence-electron chi connectivity index (χ3n) is 1.67. The maximum atomic E-state index is 3.34. The van der Waals surface area contributed by atoms with Gasteiger partial charge in [-0.25, -0.2) is 0 Å². The number of anilines is 1. The van der Waals surface area contributed by atoms with Crippen LogP contribution in [0.2, 0.25) is 0 Å². The molecule has 0 aliphatic heterocycles. The summed E-state index contributed by atoms with van der Waals surface area (Å²) < 4.78 is 0. The Kier molecular flexibility index (Phi) is 2.96. The van der Waals surface area contributed by atoms with Crippen molar-refractivity contribution in [2.45, 2.75) is 19.9 Å². The highest BCUT2D eigenvalue weighted by Crippen LogP contribution is 2.07. The van der Waals surface area contributed by atoms with E-state index < -0.39 is 0 Å². The Balaban J connectivity index is 2.51. The van der Waals surface area contributed by atoms with Gasteiger partial charge in [-0.1, -0.05) is 25.1 Å². The third-order valence-corrected chi connectivity index (χ3v) is 1.67. The summed E-state index contributed by atoms with van der Waals surface area (Å²) in [7, 11) is 0. The second kappa shape index (κ2) is 4.02. The van der Waals surface area contributed by atoms with Gasteiger partial charge in [0.2, 0.25) is 0 Å². The second-order valence-electron chi connectivity index (χ2n) is 2.63. The summed E-state index contributed by atoms with van der Waals surface area (Å²) in [5.41, 5.74) is 1.18. The van der Waals surface area contributed by atoms with E-state index in [-0.39, 0.29) is 0 Å². The molecule has 1 aromatic carbocycles. The summed E-state index contributed by atoms with van der Waals surface area (Å²) in [5, 5.41) is 3.34. The Morgan fingerprint density at radius 1 is 1.27 bits per heavy atom. The van der Waals surface area contributed by atoms with Crippen molar-refractivity contribution in [3.8, 4) is 0 Å². The molecule has 1 rings (SSSR count). The maximum Gasteiger partial charge on any atom is 0.0342 e. The minimum Gasteiger partial charge on any atom is -0.382 e. The van der Waals surface area contributed by atoms with E-state index in [4.69, 9.17) is 0 Å². The van der Waals surface area contributed by atoms with Gasteiger partial charge < -0.3 is 5.32 Å². The Morgan fingerprint density at radius 3 is 2.45 bits per heavy atom. The lowest BCUT2D eigenvalue weighted by molar-refractivity contribution is 0.918.